The largest absolute Gasteiger partial charge is 0.456 e. The van der Waals surface area contributed by atoms with E-state index >= 15 is 0 Å². The molecule has 1 aliphatic rings. The predicted molar refractivity (Wildman–Crippen MR) is 128 cm³/mol. The van der Waals surface area contributed by atoms with Gasteiger partial charge in [-0.3, -0.25) is 9.69 Å². The van der Waals surface area contributed by atoms with Gasteiger partial charge in [0.15, 0.2) is 0 Å². The Hall–Kier alpha value is -4.45. The Morgan fingerprint density at radius 3 is 2.21 bits per heavy atom. The van der Waals surface area contributed by atoms with Crippen molar-refractivity contribution >= 4 is 39.2 Å². The SMILES string of the molecule is O=C1C(Nc2ccc(F)cc2)=CC(c2ccc3oc4ccccc4c3c2)N1c1ccc(F)cc1. The summed E-state index contributed by atoms with van der Waals surface area (Å²) in [7, 11) is 0. The van der Waals surface area contributed by atoms with E-state index in [0.29, 0.717) is 17.1 Å². The van der Waals surface area contributed by atoms with Crippen LogP contribution in [0.5, 0.6) is 0 Å². The summed E-state index contributed by atoms with van der Waals surface area (Å²) in [4.78, 5) is 15.1. The van der Waals surface area contributed by atoms with Crippen LogP contribution in [0.3, 0.4) is 0 Å². The summed E-state index contributed by atoms with van der Waals surface area (Å²) in [6, 6.07) is 24.8. The van der Waals surface area contributed by atoms with Crippen molar-refractivity contribution in [3.05, 3.63) is 120 Å². The number of nitrogens with zero attached hydrogens (tertiary/aromatic N) is 1. The lowest BCUT2D eigenvalue weighted by Crippen LogP contribution is -2.30. The molecule has 166 valence electrons. The molecule has 1 unspecified atom stereocenters. The Kier molecular flexibility index (Phi) is 4.66. The van der Waals surface area contributed by atoms with Crippen molar-refractivity contribution in [2.45, 2.75) is 6.04 Å². The number of nitrogens with one attached hydrogen (secondary N) is 1. The van der Waals surface area contributed by atoms with Crippen molar-refractivity contribution in [1.29, 1.82) is 0 Å². The van der Waals surface area contributed by atoms with Crippen molar-refractivity contribution in [2.75, 3.05) is 10.2 Å². The molecule has 1 N–H and O–H groups in total. The summed E-state index contributed by atoms with van der Waals surface area (Å²) in [6.07, 6.45) is 1.83. The van der Waals surface area contributed by atoms with E-state index in [1.807, 2.05) is 48.5 Å². The lowest BCUT2D eigenvalue weighted by atomic mass is 10.0. The second-order valence-corrected chi connectivity index (χ2v) is 8.16. The molecule has 0 spiro atoms. The highest BCUT2D eigenvalue weighted by Crippen LogP contribution is 2.38. The lowest BCUT2D eigenvalue weighted by Gasteiger charge is -2.25. The highest BCUT2D eigenvalue weighted by molar-refractivity contribution is 6.11. The molecule has 1 atom stereocenters. The van der Waals surface area contributed by atoms with Gasteiger partial charge in [-0.15, -0.1) is 0 Å². The monoisotopic (exact) mass is 452 g/mol. The molecule has 0 saturated heterocycles. The minimum Gasteiger partial charge on any atom is -0.456 e. The number of hydrogen-bond donors (Lipinski definition) is 1. The third-order valence-electron chi connectivity index (χ3n) is 6.02. The number of furan rings is 1. The summed E-state index contributed by atoms with van der Waals surface area (Å²) in [5, 5.41) is 5.04. The van der Waals surface area contributed by atoms with Crippen molar-refractivity contribution in [1.82, 2.24) is 0 Å². The first-order valence-corrected chi connectivity index (χ1v) is 10.8. The molecule has 2 heterocycles. The topological polar surface area (TPSA) is 45.5 Å². The number of carbonyl (C=O) groups excluding carboxylic acids is 1. The Morgan fingerprint density at radius 2 is 1.44 bits per heavy atom. The Labute approximate surface area is 193 Å². The second-order valence-electron chi connectivity index (χ2n) is 8.16. The van der Waals surface area contributed by atoms with E-state index in [4.69, 9.17) is 4.42 Å². The number of anilines is 2. The number of carbonyl (C=O) groups is 1. The molecule has 1 aromatic heterocycles. The van der Waals surface area contributed by atoms with Crippen LogP contribution < -0.4 is 10.2 Å². The van der Waals surface area contributed by atoms with Crippen LogP contribution in [0, 0.1) is 11.6 Å². The number of fused-ring (bicyclic) bond motifs is 3. The van der Waals surface area contributed by atoms with Gasteiger partial charge in [-0.05, 0) is 78.4 Å². The summed E-state index contributed by atoms with van der Waals surface area (Å²) >= 11 is 0. The number of halogens is 2. The summed E-state index contributed by atoms with van der Waals surface area (Å²) < 4.78 is 32.9. The minimum atomic E-state index is -0.432. The average Bonchev–Trinajstić information content (AvgIpc) is 3.38. The zero-order valence-electron chi connectivity index (χ0n) is 17.8. The molecule has 1 amide bonds. The smallest absolute Gasteiger partial charge is 0.275 e. The van der Waals surface area contributed by atoms with Gasteiger partial charge in [0.1, 0.15) is 28.5 Å². The van der Waals surface area contributed by atoms with Crippen LogP contribution in [0.2, 0.25) is 0 Å². The molecule has 6 rings (SSSR count). The van der Waals surface area contributed by atoms with Gasteiger partial charge < -0.3 is 9.73 Å². The van der Waals surface area contributed by atoms with Gasteiger partial charge in [0.25, 0.3) is 5.91 Å². The molecule has 5 aromatic rings. The van der Waals surface area contributed by atoms with Crippen molar-refractivity contribution < 1.29 is 18.0 Å². The summed E-state index contributed by atoms with van der Waals surface area (Å²) in [6.45, 7) is 0. The molecule has 4 nitrogen and oxygen atoms in total. The standard InChI is InChI=1S/C28H18F2N2O2/c29-18-6-10-20(11-7-18)31-24-16-25(32(28(24)33)21-12-8-19(30)9-13-21)17-5-14-27-23(15-17)22-3-1-2-4-26(22)34-27/h1-16,25,31H. The van der Waals surface area contributed by atoms with Crippen LogP contribution in [-0.2, 0) is 4.79 Å². The highest BCUT2D eigenvalue weighted by atomic mass is 19.1. The van der Waals surface area contributed by atoms with E-state index in [0.717, 1.165) is 27.5 Å². The molecule has 1 aliphatic heterocycles. The zero-order valence-corrected chi connectivity index (χ0v) is 17.8. The molecule has 0 radical (unpaired) electrons. The Bertz CT molecular complexity index is 1570. The van der Waals surface area contributed by atoms with Crippen LogP contribution >= 0.6 is 0 Å². The first kappa shape index (κ1) is 20.2. The normalized spacial score (nSPS) is 15.8. The van der Waals surface area contributed by atoms with Crippen molar-refractivity contribution in [2.24, 2.45) is 0 Å². The highest BCUT2D eigenvalue weighted by Gasteiger charge is 2.35. The minimum absolute atomic E-state index is 0.266. The molecule has 0 bridgehead atoms. The average molecular weight is 452 g/mol. The van der Waals surface area contributed by atoms with Gasteiger partial charge in [0.05, 0.1) is 6.04 Å². The first-order valence-electron chi connectivity index (χ1n) is 10.8. The van der Waals surface area contributed by atoms with Crippen LogP contribution in [0.15, 0.2) is 107 Å². The number of benzene rings is 4. The third kappa shape index (κ3) is 3.40. The van der Waals surface area contributed by atoms with Gasteiger partial charge in [-0.1, -0.05) is 24.3 Å². The molecule has 6 heteroatoms. The third-order valence-corrected chi connectivity index (χ3v) is 6.02. The fourth-order valence-corrected chi connectivity index (χ4v) is 4.40. The summed E-state index contributed by atoms with van der Waals surface area (Å²) in [5.41, 5.74) is 3.96. The predicted octanol–water partition coefficient (Wildman–Crippen LogP) is 6.95. The number of hydrogen-bond acceptors (Lipinski definition) is 3. The van der Waals surface area contributed by atoms with E-state index in [9.17, 15) is 13.6 Å². The van der Waals surface area contributed by atoms with Crippen LogP contribution in [-0.4, -0.2) is 5.91 Å². The van der Waals surface area contributed by atoms with Crippen molar-refractivity contribution in [3.63, 3.8) is 0 Å². The lowest BCUT2D eigenvalue weighted by molar-refractivity contribution is -0.114. The van der Waals surface area contributed by atoms with Gasteiger partial charge in [-0.2, -0.15) is 0 Å². The molecule has 0 fully saturated rings. The molecule has 0 aliphatic carbocycles. The van der Waals surface area contributed by atoms with Gasteiger partial charge in [-0.25, -0.2) is 8.78 Å². The van der Waals surface area contributed by atoms with E-state index in [1.54, 1.807) is 29.2 Å². The maximum absolute atomic E-state index is 13.6. The Morgan fingerprint density at radius 1 is 0.765 bits per heavy atom. The molecular weight excluding hydrogens is 434 g/mol. The molecule has 0 saturated carbocycles. The second kappa shape index (κ2) is 7.85. The van der Waals surface area contributed by atoms with Gasteiger partial charge in [0, 0.05) is 22.1 Å². The van der Waals surface area contributed by atoms with E-state index in [2.05, 4.69) is 5.32 Å². The van der Waals surface area contributed by atoms with Gasteiger partial charge >= 0.3 is 0 Å². The fourth-order valence-electron chi connectivity index (χ4n) is 4.40. The van der Waals surface area contributed by atoms with Crippen molar-refractivity contribution in [3.8, 4) is 0 Å². The van der Waals surface area contributed by atoms with Gasteiger partial charge in [0.2, 0.25) is 0 Å². The van der Waals surface area contributed by atoms with Crippen LogP contribution in [0.4, 0.5) is 20.2 Å². The van der Waals surface area contributed by atoms with E-state index < -0.39 is 6.04 Å². The Balaban J connectivity index is 1.46. The van der Waals surface area contributed by atoms with E-state index in [-0.39, 0.29) is 17.5 Å². The fraction of sp³-hybridized carbons (Fsp3) is 0.0357. The number of rotatable bonds is 4. The first-order chi connectivity index (χ1) is 16.6. The molecular formula is C28H18F2N2O2. The zero-order chi connectivity index (χ0) is 23.2. The molecule has 34 heavy (non-hydrogen) atoms. The maximum Gasteiger partial charge on any atom is 0.275 e. The summed E-state index contributed by atoms with van der Waals surface area (Å²) in [5.74, 6) is -1.00. The van der Waals surface area contributed by atoms with E-state index in [1.165, 1.54) is 24.3 Å². The quantitative estimate of drug-likeness (QED) is 0.321. The number of amides is 1. The van der Waals surface area contributed by atoms with Crippen LogP contribution in [0.1, 0.15) is 11.6 Å². The maximum atomic E-state index is 13.6. The van der Waals surface area contributed by atoms with Crippen LogP contribution in [0.25, 0.3) is 21.9 Å². The number of para-hydroxylation sites is 1. The molecule has 4 aromatic carbocycles.